The standard InChI is InChI=1S/C14H13ClN2O2S2/c1-10-9-12(5-4-11(10)3-2-8-16)17-21(18,19)14-7-6-13(15)20-14/h4-7,9,17H,8,16H2,1H3. The highest BCUT2D eigenvalue weighted by atomic mass is 35.5. The number of hydrogen-bond donors (Lipinski definition) is 2. The molecule has 0 aliphatic carbocycles. The van der Waals surface area contributed by atoms with Crippen LogP contribution in [0, 0.1) is 18.8 Å². The number of aryl methyl sites for hydroxylation is 1. The minimum atomic E-state index is -3.61. The number of rotatable bonds is 3. The third kappa shape index (κ3) is 3.99. The van der Waals surface area contributed by atoms with Gasteiger partial charge < -0.3 is 5.73 Å². The first-order valence-corrected chi connectivity index (χ1v) is 8.68. The van der Waals surface area contributed by atoms with E-state index < -0.39 is 10.0 Å². The number of benzene rings is 1. The molecule has 0 amide bonds. The maximum absolute atomic E-state index is 12.2. The Labute approximate surface area is 133 Å². The third-order valence-corrected chi connectivity index (χ3v) is 5.72. The summed E-state index contributed by atoms with van der Waals surface area (Å²) >= 11 is 6.78. The molecule has 0 saturated carbocycles. The predicted molar refractivity (Wildman–Crippen MR) is 87.2 cm³/mol. The van der Waals surface area contributed by atoms with Gasteiger partial charge in [-0.15, -0.1) is 11.3 Å². The molecule has 2 rings (SSSR count). The van der Waals surface area contributed by atoms with Crippen LogP contribution in [0.1, 0.15) is 11.1 Å². The van der Waals surface area contributed by atoms with Crippen LogP contribution in [-0.2, 0) is 10.0 Å². The molecule has 0 saturated heterocycles. The van der Waals surface area contributed by atoms with E-state index >= 15 is 0 Å². The molecule has 1 aromatic carbocycles. The highest BCUT2D eigenvalue weighted by Crippen LogP contribution is 2.27. The number of hydrogen-bond acceptors (Lipinski definition) is 4. The number of thiophene rings is 1. The van der Waals surface area contributed by atoms with Crippen molar-refractivity contribution >= 4 is 38.6 Å². The molecular weight excluding hydrogens is 328 g/mol. The fourth-order valence-corrected chi connectivity index (χ4v) is 4.19. The Morgan fingerprint density at radius 3 is 2.67 bits per heavy atom. The predicted octanol–water partition coefficient (Wildman–Crippen LogP) is 2.82. The van der Waals surface area contributed by atoms with Gasteiger partial charge in [0.15, 0.2) is 0 Å². The molecule has 0 bridgehead atoms. The molecule has 4 nitrogen and oxygen atoms in total. The van der Waals surface area contributed by atoms with Gasteiger partial charge in [0.05, 0.1) is 10.9 Å². The lowest BCUT2D eigenvalue weighted by atomic mass is 10.1. The summed E-state index contributed by atoms with van der Waals surface area (Å²) in [5.41, 5.74) is 7.51. The molecule has 0 spiro atoms. The third-order valence-electron chi connectivity index (χ3n) is 2.62. The zero-order valence-corrected chi connectivity index (χ0v) is 13.6. The van der Waals surface area contributed by atoms with Gasteiger partial charge in [-0.2, -0.15) is 0 Å². The fourth-order valence-electron chi connectivity index (χ4n) is 1.66. The Morgan fingerprint density at radius 2 is 2.10 bits per heavy atom. The van der Waals surface area contributed by atoms with E-state index in [1.807, 2.05) is 6.92 Å². The van der Waals surface area contributed by atoms with Crippen LogP contribution in [0.15, 0.2) is 34.5 Å². The molecule has 0 fully saturated rings. The van der Waals surface area contributed by atoms with E-state index in [1.165, 1.54) is 6.07 Å². The highest BCUT2D eigenvalue weighted by molar-refractivity contribution is 7.94. The van der Waals surface area contributed by atoms with Gasteiger partial charge in [0.2, 0.25) is 0 Å². The Kier molecular flexibility index (Phi) is 4.91. The van der Waals surface area contributed by atoms with Gasteiger partial charge in [-0.25, -0.2) is 8.42 Å². The molecule has 3 N–H and O–H groups in total. The van der Waals surface area contributed by atoms with Crippen LogP contribution in [0.2, 0.25) is 4.34 Å². The molecule has 0 atom stereocenters. The van der Waals surface area contributed by atoms with Crippen LogP contribution in [0.25, 0.3) is 0 Å². The van der Waals surface area contributed by atoms with E-state index in [4.69, 9.17) is 17.3 Å². The second-order valence-corrected chi connectivity index (χ2v) is 7.82. The molecule has 2 aromatic rings. The van der Waals surface area contributed by atoms with E-state index in [0.29, 0.717) is 10.0 Å². The summed E-state index contributed by atoms with van der Waals surface area (Å²) in [6.45, 7) is 2.15. The Hall–Kier alpha value is -1.52. The lowest BCUT2D eigenvalue weighted by molar-refractivity contribution is 0.603. The van der Waals surface area contributed by atoms with Gasteiger partial charge in [-0.05, 0) is 42.8 Å². The van der Waals surface area contributed by atoms with Gasteiger partial charge >= 0.3 is 0 Å². The maximum Gasteiger partial charge on any atom is 0.271 e. The minimum Gasteiger partial charge on any atom is -0.320 e. The van der Waals surface area contributed by atoms with E-state index in [1.54, 1.807) is 24.3 Å². The van der Waals surface area contributed by atoms with E-state index in [0.717, 1.165) is 22.5 Å². The van der Waals surface area contributed by atoms with Crippen molar-refractivity contribution in [3.05, 3.63) is 45.8 Å². The summed E-state index contributed by atoms with van der Waals surface area (Å²) in [6, 6.07) is 8.19. The normalized spacial score (nSPS) is 10.8. The van der Waals surface area contributed by atoms with Crippen molar-refractivity contribution in [1.29, 1.82) is 0 Å². The van der Waals surface area contributed by atoms with Crippen molar-refractivity contribution in [2.24, 2.45) is 5.73 Å². The molecule has 110 valence electrons. The topological polar surface area (TPSA) is 72.2 Å². The summed E-state index contributed by atoms with van der Waals surface area (Å²) in [7, 11) is -3.61. The summed E-state index contributed by atoms with van der Waals surface area (Å²) in [5, 5.41) is 0. The summed E-state index contributed by atoms with van der Waals surface area (Å²) in [4.78, 5) is 0. The van der Waals surface area contributed by atoms with Gasteiger partial charge in [0, 0.05) is 11.3 Å². The Balaban J connectivity index is 2.26. The molecule has 7 heteroatoms. The summed E-state index contributed by atoms with van der Waals surface area (Å²) in [5.74, 6) is 5.70. The smallest absolute Gasteiger partial charge is 0.271 e. The van der Waals surface area contributed by atoms with Gasteiger partial charge in [-0.1, -0.05) is 23.4 Å². The molecule has 0 unspecified atom stereocenters. The van der Waals surface area contributed by atoms with Crippen molar-refractivity contribution in [2.45, 2.75) is 11.1 Å². The maximum atomic E-state index is 12.2. The lowest BCUT2D eigenvalue weighted by Gasteiger charge is -2.08. The summed E-state index contributed by atoms with van der Waals surface area (Å²) < 4.78 is 27.5. The minimum absolute atomic E-state index is 0.178. The Bertz CT molecular complexity index is 817. The number of nitrogens with two attached hydrogens (primary N) is 1. The molecule has 0 aliphatic heterocycles. The number of halogens is 1. The first-order valence-electron chi connectivity index (χ1n) is 6.00. The van der Waals surface area contributed by atoms with Crippen LogP contribution >= 0.6 is 22.9 Å². The number of anilines is 1. The van der Waals surface area contributed by atoms with E-state index in [9.17, 15) is 8.42 Å². The number of nitrogens with one attached hydrogen (secondary N) is 1. The van der Waals surface area contributed by atoms with Crippen LogP contribution < -0.4 is 10.5 Å². The average Bonchev–Trinajstić information content (AvgIpc) is 2.85. The van der Waals surface area contributed by atoms with E-state index in [2.05, 4.69) is 16.6 Å². The molecule has 0 radical (unpaired) electrons. The number of sulfonamides is 1. The fraction of sp³-hybridized carbons (Fsp3) is 0.143. The highest BCUT2D eigenvalue weighted by Gasteiger charge is 2.16. The summed E-state index contributed by atoms with van der Waals surface area (Å²) in [6.07, 6.45) is 0. The molecule has 21 heavy (non-hydrogen) atoms. The van der Waals surface area contributed by atoms with Gasteiger partial charge in [0.1, 0.15) is 4.21 Å². The quantitative estimate of drug-likeness (QED) is 0.844. The van der Waals surface area contributed by atoms with Crippen LogP contribution in [0.4, 0.5) is 5.69 Å². The average molecular weight is 341 g/mol. The van der Waals surface area contributed by atoms with E-state index in [-0.39, 0.29) is 10.8 Å². The van der Waals surface area contributed by atoms with Crippen LogP contribution in [-0.4, -0.2) is 15.0 Å². The first-order chi connectivity index (χ1) is 9.92. The second-order valence-electron chi connectivity index (χ2n) is 4.20. The first kappa shape index (κ1) is 15.9. The van der Waals surface area contributed by atoms with Crippen molar-refractivity contribution in [3.8, 4) is 11.8 Å². The van der Waals surface area contributed by atoms with Crippen molar-refractivity contribution in [3.63, 3.8) is 0 Å². The van der Waals surface area contributed by atoms with Gasteiger partial charge in [-0.3, -0.25) is 4.72 Å². The monoisotopic (exact) mass is 340 g/mol. The van der Waals surface area contributed by atoms with Crippen LogP contribution in [0.3, 0.4) is 0 Å². The SMILES string of the molecule is Cc1cc(NS(=O)(=O)c2ccc(Cl)s2)ccc1C#CCN. The molecular formula is C14H13ClN2O2S2. The molecule has 1 heterocycles. The zero-order valence-electron chi connectivity index (χ0n) is 11.2. The Morgan fingerprint density at radius 1 is 1.33 bits per heavy atom. The molecule has 1 aromatic heterocycles. The van der Waals surface area contributed by atoms with Crippen molar-refractivity contribution in [1.82, 2.24) is 0 Å². The van der Waals surface area contributed by atoms with Crippen molar-refractivity contribution in [2.75, 3.05) is 11.3 Å². The zero-order chi connectivity index (χ0) is 15.5. The lowest BCUT2D eigenvalue weighted by Crippen LogP contribution is -2.11. The largest absolute Gasteiger partial charge is 0.320 e. The van der Waals surface area contributed by atoms with Gasteiger partial charge in [0.25, 0.3) is 10.0 Å². The second kappa shape index (κ2) is 6.50. The van der Waals surface area contributed by atoms with Crippen molar-refractivity contribution < 1.29 is 8.42 Å². The molecule has 0 aliphatic rings. The van der Waals surface area contributed by atoms with Crippen LogP contribution in [0.5, 0.6) is 0 Å².